The van der Waals surface area contributed by atoms with Crippen molar-refractivity contribution in [1.29, 1.82) is 0 Å². The third kappa shape index (κ3) is 9.41. The number of carbonyl (C=O) groups excluding carboxylic acids is 2. The Bertz CT molecular complexity index is 1230. The number of aliphatic hydroxyl groups is 1. The highest BCUT2D eigenvalue weighted by Crippen LogP contribution is 2.39. The van der Waals surface area contributed by atoms with Gasteiger partial charge in [-0.1, -0.05) is 54.6 Å². The van der Waals surface area contributed by atoms with Gasteiger partial charge in [0, 0.05) is 55.7 Å². The average molecular weight is 565 g/mol. The van der Waals surface area contributed by atoms with Gasteiger partial charge in [-0.3, -0.25) is 9.59 Å². The lowest BCUT2D eigenvalue weighted by molar-refractivity contribution is -0.245. The molecule has 0 spiro atoms. The average Bonchev–Trinajstić information content (AvgIpc) is 2.98. The topological polar surface area (TPSA) is 123 Å². The van der Waals surface area contributed by atoms with Crippen molar-refractivity contribution in [3.05, 3.63) is 83.7 Å². The summed E-state index contributed by atoms with van der Waals surface area (Å²) in [4.78, 5) is 32.1. The number of unbranched alkanes of at least 4 members (excludes halogenated alkanes) is 2. The van der Waals surface area contributed by atoms with Crippen LogP contribution < -0.4 is 10.6 Å². The third-order valence-corrected chi connectivity index (χ3v) is 7.46. The number of carbonyl (C=O) groups is 2. The summed E-state index contributed by atoms with van der Waals surface area (Å²) in [6, 6.07) is 17.1. The first-order valence-corrected chi connectivity index (χ1v) is 14.5. The van der Waals surface area contributed by atoms with Crippen LogP contribution in [-0.2, 0) is 25.7 Å². The van der Waals surface area contributed by atoms with Crippen LogP contribution in [0.3, 0.4) is 0 Å². The van der Waals surface area contributed by atoms with E-state index < -0.39 is 6.29 Å². The summed E-state index contributed by atoms with van der Waals surface area (Å²) in [7, 11) is 0. The summed E-state index contributed by atoms with van der Waals surface area (Å²) in [5.41, 5.74) is 3.36. The molecular weight excluding hydrogens is 528 g/mol. The van der Waals surface area contributed by atoms with Crippen LogP contribution in [0.25, 0.3) is 0 Å². The summed E-state index contributed by atoms with van der Waals surface area (Å²) >= 11 is 1.54. The molecule has 1 fully saturated rings. The highest BCUT2D eigenvalue weighted by Gasteiger charge is 2.32. The molecule has 1 aliphatic rings. The minimum absolute atomic E-state index is 0.0104. The zero-order valence-corrected chi connectivity index (χ0v) is 23.4. The number of nitrogens with one attached hydrogen (secondary N) is 2. The molecule has 2 aromatic carbocycles. The van der Waals surface area contributed by atoms with Crippen LogP contribution in [0.15, 0.2) is 72.1 Å². The van der Waals surface area contributed by atoms with Gasteiger partial charge in [0.25, 0.3) is 0 Å². The van der Waals surface area contributed by atoms with E-state index in [1.54, 1.807) is 18.5 Å². The molecule has 2 heterocycles. The molecule has 0 aliphatic carbocycles. The zero-order valence-electron chi connectivity index (χ0n) is 22.6. The highest BCUT2D eigenvalue weighted by atomic mass is 32.2. The summed E-state index contributed by atoms with van der Waals surface area (Å²) in [5.74, 6) is 0.568. The van der Waals surface area contributed by atoms with E-state index in [9.17, 15) is 14.7 Å². The van der Waals surface area contributed by atoms with Crippen LogP contribution in [0.1, 0.15) is 68.1 Å². The Morgan fingerprint density at radius 2 is 1.80 bits per heavy atom. The molecule has 2 amide bonds. The Kier molecular flexibility index (Phi) is 11.5. The standard InChI is InChI=1S/C30H36N4O5S/c1-21(36)31-14-4-2-3-9-28(37)34-25-8-5-7-24(17-25)29-38-26(20-40-30-32-15-6-16-33-30)18-27(39-29)23-12-10-22(19-35)11-13-23/h5-8,10-13,15-17,26-27,29,35H,2-4,9,14,18-20H2,1H3,(H,31,36)(H,34,37). The first-order chi connectivity index (χ1) is 19.5. The second-order valence-corrected chi connectivity index (χ2v) is 10.6. The minimum atomic E-state index is -0.621. The molecule has 0 bridgehead atoms. The molecule has 1 aliphatic heterocycles. The molecular formula is C30H36N4O5S. The number of aliphatic hydroxyl groups excluding tert-OH is 1. The summed E-state index contributed by atoms with van der Waals surface area (Å²) in [6.45, 7) is 2.12. The van der Waals surface area contributed by atoms with Crippen molar-refractivity contribution in [2.24, 2.45) is 0 Å². The van der Waals surface area contributed by atoms with Crippen molar-refractivity contribution in [2.45, 2.75) is 69.3 Å². The maximum Gasteiger partial charge on any atom is 0.224 e. The third-order valence-electron chi connectivity index (χ3n) is 6.45. The van der Waals surface area contributed by atoms with Crippen molar-refractivity contribution in [1.82, 2.24) is 15.3 Å². The lowest BCUT2D eigenvalue weighted by Gasteiger charge is -2.36. The van der Waals surface area contributed by atoms with Crippen molar-refractivity contribution >= 4 is 29.3 Å². The maximum atomic E-state index is 12.5. The van der Waals surface area contributed by atoms with E-state index in [1.807, 2.05) is 48.5 Å². The molecule has 4 rings (SSSR count). The van der Waals surface area contributed by atoms with E-state index in [0.29, 0.717) is 36.0 Å². The number of thioether (sulfide) groups is 1. The Morgan fingerprint density at radius 3 is 2.55 bits per heavy atom. The number of hydrogen-bond acceptors (Lipinski definition) is 8. The van der Waals surface area contributed by atoms with Crippen LogP contribution in [0, 0.1) is 0 Å². The number of aromatic nitrogens is 2. The van der Waals surface area contributed by atoms with Crippen LogP contribution in [0.2, 0.25) is 0 Å². The monoisotopic (exact) mass is 564 g/mol. The molecule has 3 atom stereocenters. The van der Waals surface area contributed by atoms with Gasteiger partial charge in [0.05, 0.1) is 18.8 Å². The predicted molar refractivity (Wildman–Crippen MR) is 153 cm³/mol. The Hall–Kier alpha value is -3.31. The van der Waals surface area contributed by atoms with E-state index >= 15 is 0 Å². The van der Waals surface area contributed by atoms with Crippen LogP contribution in [0.5, 0.6) is 0 Å². The smallest absolute Gasteiger partial charge is 0.224 e. The first kappa shape index (κ1) is 29.7. The van der Waals surface area contributed by atoms with Crippen molar-refractivity contribution in [3.8, 4) is 0 Å². The number of amides is 2. The van der Waals surface area contributed by atoms with Crippen LogP contribution in [-0.4, -0.2) is 45.3 Å². The maximum absolute atomic E-state index is 12.5. The van der Waals surface area contributed by atoms with Gasteiger partial charge in [0.15, 0.2) is 11.4 Å². The van der Waals surface area contributed by atoms with E-state index in [0.717, 1.165) is 36.0 Å². The molecule has 10 heteroatoms. The van der Waals surface area contributed by atoms with Gasteiger partial charge < -0.3 is 25.2 Å². The second kappa shape index (κ2) is 15.5. The Labute approximate surface area is 239 Å². The minimum Gasteiger partial charge on any atom is -0.392 e. The van der Waals surface area contributed by atoms with Gasteiger partial charge in [0.2, 0.25) is 11.8 Å². The van der Waals surface area contributed by atoms with Crippen molar-refractivity contribution < 1.29 is 24.2 Å². The first-order valence-electron chi connectivity index (χ1n) is 13.5. The normalized spacial score (nSPS) is 18.7. The van der Waals surface area contributed by atoms with E-state index in [-0.39, 0.29) is 30.6 Å². The molecule has 40 heavy (non-hydrogen) atoms. The number of nitrogens with zero attached hydrogens (tertiary/aromatic N) is 2. The van der Waals surface area contributed by atoms with Gasteiger partial charge in [-0.05, 0) is 42.2 Å². The molecule has 9 nitrogen and oxygen atoms in total. The largest absolute Gasteiger partial charge is 0.392 e. The van der Waals surface area contributed by atoms with Crippen molar-refractivity contribution in [3.63, 3.8) is 0 Å². The molecule has 1 saturated heterocycles. The quantitative estimate of drug-likeness (QED) is 0.152. The fraction of sp³-hybridized carbons (Fsp3) is 0.400. The fourth-order valence-electron chi connectivity index (χ4n) is 4.39. The predicted octanol–water partition coefficient (Wildman–Crippen LogP) is 4.94. The molecule has 0 radical (unpaired) electrons. The van der Waals surface area contributed by atoms with Gasteiger partial charge in [-0.15, -0.1) is 0 Å². The number of benzene rings is 2. The van der Waals surface area contributed by atoms with E-state index in [1.165, 1.54) is 18.7 Å². The van der Waals surface area contributed by atoms with Gasteiger partial charge in [0.1, 0.15) is 0 Å². The van der Waals surface area contributed by atoms with Crippen molar-refractivity contribution in [2.75, 3.05) is 17.6 Å². The summed E-state index contributed by atoms with van der Waals surface area (Å²) in [6.07, 6.45) is 6.03. The summed E-state index contributed by atoms with van der Waals surface area (Å²) in [5, 5.41) is 15.9. The molecule has 212 valence electrons. The lowest BCUT2D eigenvalue weighted by atomic mass is 10.0. The number of anilines is 1. The van der Waals surface area contributed by atoms with Gasteiger partial charge >= 0.3 is 0 Å². The van der Waals surface area contributed by atoms with Gasteiger partial charge in [-0.2, -0.15) is 0 Å². The number of hydrogen-bond donors (Lipinski definition) is 3. The van der Waals surface area contributed by atoms with E-state index in [2.05, 4.69) is 20.6 Å². The van der Waals surface area contributed by atoms with Crippen LogP contribution >= 0.6 is 11.8 Å². The van der Waals surface area contributed by atoms with E-state index in [4.69, 9.17) is 9.47 Å². The molecule has 1 aromatic heterocycles. The summed E-state index contributed by atoms with van der Waals surface area (Å²) < 4.78 is 12.8. The molecule has 3 aromatic rings. The Balaban J connectivity index is 1.39. The Morgan fingerprint density at radius 1 is 1.00 bits per heavy atom. The molecule has 0 saturated carbocycles. The number of ether oxygens (including phenoxy) is 2. The SMILES string of the molecule is CC(=O)NCCCCCC(=O)Nc1cccc(C2OC(CSc3ncccn3)CC(c3ccc(CO)cc3)O2)c1. The second-order valence-electron chi connectivity index (χ2n) is 9.66. The zero-order chi connectivity index (χ0) is 28.2. The number of rotatable bonds is 13. The fourth-order valence-corrected chi connectivity index (χ4v) is 5.21. The van der Waals surface area contributed by atoms with Gasteiger partial charge in [-0.25, -0.2) is 9.97 Å². The lowest BCUT2D eigenvalue weighted by Crippen LogP contribution is -2.31. The molecule has 3 unspecified atom stereocenters. The van der Waals surface area contributed by atoms with Crippen LogP contribution in [0.4, 0.5) is 5.69 Å². The molecule has 3 N–H and O–H groups in total. The highest BCUT2D eigenvalue weighted by molar-refractivity contribution is 7.99.